The van der Waals surface area contributed by atoms with Crippen LogP contribution in [0.15, 0.2) is 35.1 Å². The summed E-state index contributed by atoms with van der Waals surface area (Å²) < 4.78 is 62.4. The highest BCUT2D eigenvalue weighted by molar-refractivity contribution is 7.88. The van der Waals surface area contributed by atoms with Gasteiger partial charge in [0.05, 0.1) is 18.5 Å². The molecule has 1 aliphatic heterocycles. The summed E-state index contributed by atoms with van der Waals surface area (Å²) in [4.78, 5) is 17.6. The summed E-state index contributed by atoms with van der Waals surface area (Å²) in [6.45, 7) is -0.180. The van der Waals surface area contributed by atoms with E-state index in [1.807, 2.05) is 0 Å². The number of aromatic hydroxyl groups is 1. The summed E-state index contributed by atoms with van der Waals surface area (Å²) in [6.07, 6.45) is -3.63. The number of aromatic amines is 1. The maximum Gasteiger partial charge on any atom is 0.416 e. The van der Waals surface area contributed by atoms with Gasteiger partial charge in [-0.3, -0.25) is 4.79 Å². The van der Waals surface area contributed by atoms with Gasteiger partial charge in [-0.15, -0.1) is 4.83 Å². The number of nitrogens with one attached hydrogen (secondary N) is 2. The number of anilines is 2. The quantitative estimate of drug-likeness (QED) is 0.716. The highest BCUT2D eigenvalue weighted by Crippen LogP contribution is 2.38. The summed E-state index contributed by atoms with van der Waals surface area (Å²) in [5, 5.41) is 10.9. The second kappa shape index (κ2) is 6.55. The number of pyridine rings is 1. The van der Waals surface area contributed by atoms with Crippen molar-refractivity contribution in [1.29, 1.82) is 0 Å². The van der Waals surface area contributed by atoms with Crippen molar-refractivity contribution in [1.82, 2.24) is 14.8 Å². The van der Waals surface area contributed by atoms with Crippen LogP contribution in [0.25, 0.3) is 0 Å². The van der Waals surface area contributed by atoms with E-state index < -0.39 is 27.3 Å². The van der Waals surface area contributed by atoms with E-state index in [1.54, 1.807) is 0 Å². The predicted octanol–water partition coefficient (Wildman–Crippen LogP) is 1.47. The summed E-state index contributed by atoms with van der Waals surface area (Å²) >= 11 is 0. The van der Waals surface area contributed by atoms with Gasteiger partial charge in [-0.25, -0.2) is 13.4 Å². The van der Waals surface area contributed by atoms with Crippen LogP contribution in [0.1, 0.15) is 11.1 Å². The average molecular weight is 404 g/mol. The molecule has 1 aromatic carbocycles. The Morgan fingerprint density at radius 2 is 1.93 bits per heavy atom. The molecule has 0 radical (unpaired) electrons. The first-order valence-corrected chi connectivity index (χ1v) is 9.45. The number of sulfonamides is 1. The molecule has 0 saturated carbocycles. The van der Waals surface area contributed by atoms with Crippen molar-refractivity contribution in [2.24, 2.45) is 0 Å². The molecule has 146 valence electrons. The van der Waals surface area contributed by atoms with Gasteiger partial charge in [0.15, 0.2) is 0 Å². The Balaban J connectivity index is 2.13. The van der Waals surface area contributed by atoms with Gasteiger partial charge in [0.25, 0.3) is 5.56 Å². The zero-order valence-electron chi connectivity index (χ0n) is 13.9. The van der Waals surface area contributed by atoms with E-state index in [1.165, 1.54) is 16.0 Å². The zero-order chi connectivity index (χ0) is 20.0. The topological polar surface area (TPSA) is 106 Å². The van der Waals surface area contributed by atoms with E-state index in [4.69, 9.17) is 0 Å². The molecule has 3 rings (SSSR count). The predicted molar refractivity (Wildman–Crippen MR) is 90.7 cm³/mol. The molecule has 2 heterocycles. The van der Waals surface area contributed by atoms with Crippen LogP contribution in [0.2, 0.25) is 0 Å². The molecule has 8 nitrogen and oxygen atoms in total. The lowest BCUT2D eigenvalue weighted by molar-refractivity contribution is -0.137. The van der Waals surface area contributed by atoms with E-state index in [-0.39, 0.29) is 30.5 Å². The minimum atomic E-state index is -4.57. The number of H-pyrrole nitrogens is 1. The maximum atomic E-state index is 13.1. The van der Waals surface area contributed by atoms with Gasteiger partial charge in [-0.05, 0) is 17.7 Å². The summed E-state index contributed by atoms with van der Waals surface area (Å²) in [5.74, 6) is -0.365. The number of alkyl halides is 3. The van der Waals surface area contributed by atoms with E-state index in [0.717, 1.165) is 30.5 Å². The standard InChI is InChI=1S/C15H15F3N4O4S/c1-27(25,26)20-21-7-9-2-3-10(15(16,17)18)4-12(9)22(8-21)13-5-11(23)6-14(24)19-13/h2-6,20H,7-8H2,1H3,(H2,19,23,24). The van der Waals surface area contributed by atoms with Gasteiger partial charge in [-0.2, -0.15) is 13.2 Å². The molecule has 12 heteroatoms. The molecular formula is C15H15F3N4O4S. The third-order valence-electron chi connectivity index (χ3n) is 3.78. The average Bonchev–Trinajstić information content (AvgIpc) is 2.50. The number of hydrogen-bond donors (Lipinski definition) is 3. The van der Waals surface area contributed by atoms with Crippen LogP contribution in [-0.2, 0) is 22.7 Å². The van der Waals surface area contributed by atoms with E-state index in [0.29, 0.717) is 5.56 Å². The zero-order valence-corrected chi connectivity index (χ0v) is 14.7. The Bertz CT molecular complexity index is 1040. The molecule has 0 bridgehead atoms. The molecule has 0 fully saturated rings. The highest BCUT2D eigenvalue weighted by atomic mass is 32.2. The molecule has 3 N–H and O–H groups in total. The van der Waals surface area contributed by atoms with E-state index in [9.17, 15) is 31.5 Å². The van der Waals surface area contributed by atoms with Gasteiger partial charge >= 0.3 is 6.18 Å². The van der Waals surface area contributed by atoms with Crippen molar-refractivity contribution in [3.05, 3.63) is 51.8 Å². The molecule has 0 atom stereocenters. The van der Waals surface area contributed by atoms with Gasteiger partial charge in [-0.1, -0.05) is 6.07 Å². The molecule has 2 aromatic rings. The van der Waals surface area contributed by atoms with Crippen molar-refractivity contribution >= 4 is 21.5 Å². The Hall–Kier alpha value is -2.57. The van der Waals surface area contributed by atoms with Crippen molar-refractivity contribution in [2.75, 3.05) is 17.8 Å². The van der Waals surface area contributed by atoms with Crippen LogP contribution < -0.4 is 15.3 Å². The number of aromatic nitrogens is 1. The first kappa shape index (κ1) is 19.2. The molecule has 0 unspecified atom stereocenters. The second-order valence-corrected chi connectivity index (χ2v) is 7.79. The van der Waals surface area contributed by atoms with Crippen LogP contribution in [-0.4, -0.2) is 36.4 Å². The summed E-state index contributed by atoms with van der Waals surface area (Å²) in [7, 11) is -3.63. The lowest BCUT2D eigenvalue weighted by Crippen LogP contribution is -2.49. The van der Waals surface area contributed by atoms with Crippen molar-refractivity contribution < 1.29 is 26.7 Å². The fraction of sp³-hybridized carbons (Fsp3) is 0.267. The number of rotatable bonds is 3. The summed E-state index contributed by atoms with van der Waals surface area (Å²) in [5.41, 5.74) is -1.02. The number of benzene rings is 1. The van der Waals surface area contributed by atoms with Crippen molar-refractivity contribution in [2.45, 2.75) is 12.7 Å². The van der Waals surface area contributed by atoms with Crippen LogP contribution >= 0.6 is 0 Å². The van der Waals surface area contributed by atoms with Crippen LogP contribution in [0, 0.1) is 0 Å². The smallest absolute Gasteiger partial charge is 0.416 e. The Morgan fingerprint density at radius 1 is 1.22 bits per heavy atom. The highest BCUT2D eigenvalue weighted by Gasteiger charge is 2.34. The number of hydrogen-bond acceptors (Lipinski definition) is 6. The van der Waals surface area contributed by atoms with Gasteiger partial charge < -0.3 is 15.0 Å². The fourth-order valence-electron chi connectivity index (χ4n) is 2.79. The molecule has 1 aliphatic rings. The Kier molecular flexibility index (Phi) is 4.66. The van der Waals surface area contributed by atoms with Gasteiger partial charge in [0, 0.05) is 24.4 Å². The van der Waals surface area contributed by atoms with Gasteiger partial charge in [0.1, 0.15) is 11.6 Å². The van der Waals surface area contributed by atoms with E-state index in [2.05, 4.69) is 9.82 Å². The third-order valence-corrected chi connectivity index (χ3v) is 4.37. The van der Waals surface area contributed by atoms with E-state index >= 15 is 0 Å². The van der Waals surface area contributed by atoms with Crippen molar-refractivity contribution in [3.63, 3.8) is 0 Å². The number of halogens is 3. The maximum absolute atomic E-state index is 13.1. The number of hydrazine groups is 1. The van der Waals surface area contributed by atoms with Gasteiger partial charge in [0.2, 0.25) is 10.0 Å². The van der Waals surface area contributed by atoms with Crippen molar-refractivity contribution in [3.8, 4) is 5.75 Å². The molecule has 0 saturated heterocycles. The summed E-state index contributed by atoms with van der Waals surface area (Å²) in [6, 6.07) is 5.12. The fourth-order valence-corrected chi connectivity index (χ4v) is 3.38. The monoisotopic (exact) mass is 404 g/mol. The van der Waals surface area contributed by atoms with Crippen LogP contribution in [0.4, 0.5) is 24.7 Å². The minimum Gasteiger partial charge on any atom is -0.508 e. The Morgan fingerprint density at radius 3 is 2.52 bits per heavy atom. The lowest BCUT2D eigenvalue weighted by Gasteiger charge is -2.37. The first-order valence-electron chi connectivity index (χ1n) is 7.56. The Labute approximate surface area is 151 Å². The van der Waals surface area contributed by atoms with Crippen LogP contribution in [0.3, 0.4) is 0 Å². The largest absolute Gasteiger partial charge is 0.508 e. The SMILES string of the molecule is CS(=O)(=O)NN1Cc2ccc(C(F)(F)F)cc2N(c2cc(O)cc(=O)[nH]2)C1. The number of nitrogens with zero attached hydrogens (tertiary/aromatic N) is 2. The molecule has 0 aliphatic carbocycles. The normalized spacial score (nSPS) is 15.6. The molecule has 0 amide bonds. The molecule has 0 spiro atoms. The minimum absolute atomic E-state index is 0.0140. The van der Waals surface area contributed by atoms with Crippen LogP contribution in [0.5, 0.6) is 5.75 Å². The lowest BCUT2D eigenvalue weighted by atomic mass is 10.1. The second-order valence-electron chi connectivity index (χ2n) is 6.06. The molecule has 27 heavy (non-hydrogen) atoms. The molecular weight excluding hydrogens is 389 g/mol. The number of fused-ring (bicyclic) bond motifs is 1. The molecule has 1 aromatic heterocycles. The third kappa shape index (κ3) is 4.40. The first-order chi connectivity index (χ1) is 12.4.